The van der Waals surface area contributed by atoms with Gasteiger partial charge in [-0.25, -0.2) is 0 Å². The van der Waals surface area contributed by atoms with Gasteiger partial charge in [0.15, 0.2) is 0 Å². The molecular weight excluding hydrogens is 358 g/mol. The number of carbonyl (C=O) groups excluding carboxylic acids is 2. The van der Waals surface area contributed by atoms with Gasteiger partial charge in [0.1, 0.15) is 0 Å². The van der Waals surface area contributed by atoms with E-state index in [9.17, 15) is 9.59 Å². The zero-order chi connectivity index (χ0) is 18.8. The van der Waals surface area contributed by atoms with Crippen LogP contribution in [-0.2, 0) is 17.8 Å². The van der Waals surface area contributed by atoms with Gasteiger partial charge in [0.05, 0.1) is 10.9 Å². The lowest BCUT2D eigenvalue weighted by molar-refractivity contribution is -0.139. The standard InChI is InChI=1S/C21H25N3O2S/c1-2-22-15-17-7-4-3-6-16(17)14-18(22)20(25)23-9-11-24(12-10-23)21(26)19-8-5-13-27-19/h3-8,13,18H,2,9-12,14-15H2,1H3. The largest absolute Gasteiger partial charge is 0.338 e. The number of benzene rings is 1. The fraction of sp³-hybridized carbons (Fsp3) is 0.429. The molecule has 2 aromatic rings. The van der Waals surface area contributed by atoms with Crippen molar-refractivity contribution in [2.45, 2.75) is 25.9 Å². The molecule has 1 aromatic carbocycles. The molecule has 1 unspecified atom stereocenters. The molecule has 2 aliphatic rings. The van der Waals surface area contributed by atoms with E-state index in [2.05, 4.69) is 36.1 Å². The van der Waals surface area contributed by atoms with Crippen molar-refractivity contribution >= 4 is 23.2 Å². The second kappa shape index (κ2) is 7.82. The summed E-state index contributed by atoms with van der Waals surface area (Å²) in [5, 5.41) is 1.92. The number of carbonyl (C=O) groups is 2. The van der Waals surface area contributed by atoms with Gasteiger partial charge in [-0.05, 0) is 35.5 Å². The number of hydrogen-bond acceptors (Lipinski definition) is 4. The summed E-state index contributed by atoms with van der Waals surface area (Å²) in [5.74, 6) is 0.286. The SMILES string of the molecule is CCN1Cc2ccccc2CC1C(=O)N1CCN(C(=O)c2cccs2)CC1. The Kier molecular flexibility index (Phi) is 5.27. The van der Waals surface area contributed by atoms with Crippen molar-refractivity contribution in [3.8, 4) is 0 Å². The van der Waals surface area contributed by atoms with Gasteiger partial charge in [0.2, 0.25) is 5.91 Å². The summed E-state index contributed by atoms with van der Waals surface area (Å²) in [6.45, 7) is 6.26. The first-order chi connectivity index (χ1) is 13.2. The van der Waals surface area contributed by atoms with E-state index in [1.165, 1.54) is 22.5 Å². The van der Waals surface area contributed by atoms with E-state index in [1.807, 2.05) is 27.3 Å². The second-order valence-corrected chi connectivity index (χ2v) is 8.09. The molecule has 1 saturated heterocycles. The highest BCUT2D eigenvalue weighted by atomic mass is 32.1. The van der Waals surface area contributed by atoms with Crippen LogP contribution in [0, 0.1) is 0 Å². The Hall–Kier alpha value is -2.18. The van der Waals surface area contributed by atoms with Crippen molar-refractivity contribution < 1.29 is 9.59 Å². The summed E-state index contributed by atoms with van der Waals surface area (Å²) in [7, 11) is 0. The average molecular weight is 384 g/mol. The third-order valence-corrected chi connectivity index (χ3v) is 6.51. The number of hydrogen-bond donors (Lipinski definition) is 0. The first-order valence-corrected chi connectivity index (χ1v) is 10.5. The lowest BCUT2D eigenvalue weighted by Gasteiger charge is -2.41. The normalized spacial score (nSPS) is 20.4. The molecule has 0 spiro atoms. The molecule has 1 atom stereocenters. The average Bonchev–Trinajstić information content (AvgIpc) is 3.26. The zero-order valence-corrected chi connectivity index (χ0v) is 16.5. The first kappa shape index (κ1) is 18.2. The van der Waals surface area contributed by atoms with E-state index in [4.69, 9.17) is 0 Å². The van der Waals surface area contributed by atoms with Crippen molar-refractivity contribution in [2.24, 2.45) is 0 Å². The molecule has 6 heteroatoms. The number of likely N-dealkylation sites (N-methyl/N-ethyl adjacent to an activating group) is 1. The van der Waals surface area contributed by atoms with Crippen LogP contribution in [0.1, 0.15) is 27.7 Å². The van der Waals surface area contributed by atoms with Crippen LogP contribution in [-0.4, -0.2) is 65.3 Å². The summed E-state index contributed by atoms with van der Waals surface area (Å²) in [4.78, 5) is 32.6. The molecule has 27 heavy (non-hydrogen) atoms. The molecule has 1 aromatic heterocycles. The predicted molar refractivity (Wildman–Crippen MR) is 107 cm³/mol. The van der Waals surface area contributed by atoms with E-state index in [0.717, 1.165) is 24.4 Å². The number of rotatable bonds is 3. The van der Waals surface area contributed by atoms with Crippen molar-refractivity contribution in [3.63, 3.8) is 0 Å². The third-order valence-electron chi connectivity index (χ3n) is 5.65. The minimum absolute atomic E-state index is 0.0823. The van der Waals surface area contributed by atoms with E-state index in [1.54, 1.807) is 0 Å². The van der Waals surface area contributed by atoms with Gasteiger partial charge >= 0.3 is 0 Å². The summed E-state index contributed by atoms with van der Waals surface area (Å²) >= 11 is 1.47. The Labute approximate surface area is 164 Å². The van der Waals surface area contributed by atoms with Crippen LogP contribution in [0.5, 0.6) is 0 Å². The topological polar surface area (TPSA) is 43.9 Å². The molecule has 0 radical (unpaired) electrons. The van der Waals surface area contributed by atoms with Crippen LogP contribution in [0.4, 0.5) is 0 Å². The molecule has 2 amide bonds. The molecule has 4 rings (SSSR count). The quantitative estimate of drug-likeness (QED) is 0.818. The van der Waals surface area contributed by atoms with Crippen molar-refractivity contribution in [1.29, 1.82) is 0 Å². The maximum Gasteiger partial charge on any atom is 0.264 e. The van der Waals surface area contributed by atoms with Crippen LogP contribution < -0.4 is 0 Å². The van der Waals surface area contributed by atoms with Crippen LogP contribution in [0.15, 0.2) is 41.8 Å². The van der Waals surface area contributed by atoms with Gasteiger partial charge in [-0.2, -0.15) is 0 Å². The molecule has 142 valence electrons. The lowest BCUT2D eigenvalue weighted by Crippen LogP contribution is -2.57. The maximum absolute atomic E-state index is 13.2. The first-order valence-electron chi connectivity index (χ1n) is 9.59. The Balaban J connectivity index is 1.41. The number of amides is 2. The van der Waals surface area contributed by atoms with Crippen molar-refractivity contribution in [2.75, 3.05) is 32.7 Å². The fourth-order valence-corrected chi connectivity index (χ4v) is 4.74. The summed E-state index contributed by atoms with van der Waals surface area (Å²) in [6, 6.07) is 12.1. The number of thiophene rings is 1. The van der Waals surface area contributed by atoms with Crippen LogP contribution in [0.3, 0.4) is 0 Å². The van der Waals surface area contributed by atoms with E-state index in [-0.39, 0.29) is 17.9 Å². The minimum atomic E-state index is -0.0931. The third kappa shape index (κ3) is 3.64. The van der Waals surface area contributed by atoms with Gasteiger partial charge in [-0.15, -0.1) is 11.3 Å². The summed E-state index contributed by atoms with van der Waals surface area (Å²) < 4.78 is 0. The van der Waals surface area contributed by atoms with Gasteiger partial charge in [0, 0.05) is 32.7 Å². The van der Waals surface area contributed by atoms with E-state index in [0.29, 0.717) is 26.2 Å². The highest BCUT2D eigenvalue weighted by Crippen LogP contribution is 2.25. The van der Waals surface area contributed by atoms with Crippen molar-refractivity contribution in [1.82, 2.24) is 14.7 Å². The Bertz CT molecular complexity index is 813. The summed E-state index contributed by atoms with van der Waals surface area (Å²) in [6.07, 6.45) is 0.775. The summed E-state index contributed by atoms with van der Waals surface area (Å²) in [5.41, 5.74) is 2.61. The molecular formula is C21H25N3O2S. The van der Waals surface area contributed by atoms with E-state index < -0.39 is 0 Å². The predicted octanol–water partition coefficient (Wildman–Crippen LogP) is 2.48. The molecule has 2 aliphatic heterocycles. The Morgan fingerprint density at radius 1 is 1.00 bits per heavy atom. The minimum Gasteiger partial charge on any atom is -0.338 e. The molecule has 0 saturated carbocycles. The van der Waals surface area contributed by atoms with Crippen molar-refractivity contribution in [3.05, 3.63) is 57.8 Å². The molecule has 0 bridgehead atoms. The van der Waals surface area contributed by atoms with Crippen LogP contribution in [0.25, 0.3) is 0 Å². The lowest BCUT2D eigenvalue weighted by atomic mass is 9.93. The van der Waals surface area contributed by atoms with Gasteiger partial charge in [0.25, 0.3) is 5.91 Å². The van der Waals surface area contributed by atoms with Gasteiger partial charge in [-0.3, -0.25) is 14.5 Å². The molecule has 0 aliphatic carbocycles. The monoisotopic (exact) mass is 383 g/mol. The number of piperazine rings is 1. The number of fused-ring (bicyclic) bond motifs is 1. The van der Waals surface area contributed by atoms with Gasteiger partial charge in [-0.1, -0.05) is 37.3 Å². The van der Waals surface area contributed by atoms with E-state index >= 15 is 0 Å². The fourth-order valence-electron chi connectivity index (χ4n) is 4.05. The Morgan fingerprint density at radius 3 is 2.37 bits per heavy atom. The molecule has 1 fully saturated rings. The highest BCUT2D eigenvalue weighted by molar-refractivity contribution is 7.12. The maximum atomic E-state index is 13.2. The molecule has 3 heterocycles. The Morgan fingerprint density at radius 2 is 1.70 bits per heavy atom. The molecule has 0 N–H and O–H groups in total. The second-order valence-electron chi connectivity index (χ2n) is 7.15. The zero-order valence-electron chi connectivity index (χ0n) is 15.6. The van der Waals surface area contributed by atoms with Crippen LogP contribution in [0.2, 0.25) is 0 Å². The van der Waals surface area contributed by atoms with Gasteiger partial charge < -0.3 is 9.80 Å². The smallest absolute Gasteiger partial charge is 0.264 e. The van der Waals surface area contributed by atoms with Crippen LogP contribution >= 0.6 is 11.3 Å². The highest BCUT2D eigenvalue weighted by Gasteiger charge is 2.35. The number of nitrogens with zero attached hydrogens (tertiary/aromatic N) is 3. The molecule has 5 nitrogen and oxygen atoms in total.